The molecular formula is C32H26Cl4N2O3S. The Labute approximate surface area is 268 Å². The first-order valence-corrected chi connectivity index (χ1v) is 15.5. The van der Waals surface area contributed by atoms with Crippen LogP contribution in [0.25, 0.3) is 0 Å². The molecule has 3 atom stereocenters. The Balaban J connectivity index is 1.46. The van der Waals surface area contributed by atoms with E-state index in [1.54, 1.807) is 30.0 Å². The van der Waals surface area contributed by atoms with Gasteiger partial charge >= 0.3 is 5.97 Å². The number of fused-ring (bicyclic) bond motifs is 1. The SMILES string of the molecule is COC(=O)C(Cc1ccc2c(c1)C(Sc1ccccc1)CC(c1c(Cl)cccc1Cl)N2)NC(=O)c1c(Cl)cccc1Cl. The lowest BCUT2D eigenvalue weighted by Crippen LogP contribution is -2.43. The molecule has 0 saturated carbocycles. The highest BCUT2D eigenvalue weighted by atomic mass is 35.5. The highest BCUT2D eigenvalue weighted by molar-refractivity contribution is 7.99. The molecule has 0 saturated heterocycles. The lowest BCUT2D eigenvalue weighted by Gasteiger charge is -2.34. The van der Waals surface area contributed by atoms with Gasteiger partial charge in [0.05, 0.1) is 28.8 Å². The number of nitrogens with one attached hydrogen (secondary N) is 2. The average molecular weight is 660 g/mol. The Morgan fingerprint density at radius 1 is 0.905 bits per heavy atom. The number of carbonyl (C=O) groups excluding carboxylic acids is 2. The van der Waals surface area contributed by atoms with Gasteiger partial charge in [-0.1, -0.05) is 88.9 Å². The fourth-order valence-corrected chi connectivity index (χ4v) is 7.53. The lowest BCUT2D eigenvalue weighted by atomic mass is 9.91. The number of halogens is 4. The first-order chi connectivity index (χ1) is 20.2. The Bertz CT molecular complexity index is 1580. The minimum atomic E-state index is -0.959. The third-order valence-corrected chi connectivity index (χ3v) is 9.60. The van der Waals surface area contributed by atoms with E-state index >= 15 is 0 Å². The number of ether oxygens (including phenoxy) is 1. The van der Waals surface area contributed by atoms with Crippen molar-refractivity contribution in [3.8, 4) is 0 Å². The molecule has 0 spiro atoms. The number of hydrogen-bond donors (Lipinski definition) is 2. The standard InChI is InChI=1S/C32H26Cl4N2O3S/c1-41-32(40)27(38-31(39)30-23(35)11-6-12-24(30)36)16-18-13-14-25-20(15-18)28(42-19-7-3-2-4-8-19)17-26(37-25)29-21(33)9-5-10-22(29)34/h2-15,26-28,37H,16-17H2,1H3,(H,38,39). The second-order valence-corrected chi connectivity index (χ2v) is 12.7. The molecule has 0 bridgehead atoms. The first kappa shape index (κ1) is 30.6. The zero-order valence-corrected chi connectivity index (χ0v) is 26.2. The largest absolute Gasteiger partial charge is 0.467 e. The van der Waals surface area contributed by atoms with Crippen molar-refractivity contribution in [3.63, 3.8) is 0 Å². The van der Waals surface area contributed by atoms with Crippen LogP contribution in [-0.4, -0.2) is 25.0 Å². The molecule has 1 aliphatic heterocycles. The monoisotopic (exact) mass is 658 g/mol. The topological polar surface area (TPSA) is 67.4 Å². The maximum atomic E-state index is 13.1. The summed E-state index contributed by atoms with van der Waals surface area (Å²) in [7, 11) is 1.28. The second kappa shape index (κ2) is 13.6. The third kappa shape index (κ3) is 6.85. The lowest BCUT2D eigenvalue weighted by molar-refractivity contribution is -0.142. The van der Waals surface area contributed by atoms with Crippen molar-refractivity contribution in [1.29, 1.82) is 0 Å². The van der Waals surface area contributed by atoms with Gasteiger partial charge in [0.1, 0.15) is 6.04 Å². The summed E-state index contributed by atoms with van der Waals surface area (Å²) < 4.78 is 5.02. The summed E-state index contributed by atoms with van der Waals surface area (Å²) in [6.45, 7) is 0. The summed E-state index contributed by atoms with van der Waals surface area (Å²) in [4.78, 5) is 27.0. The molecule has 0 fully saturated rings. The summed E-state index contributed by atoms with van der Waals surface area (Å²) in [6, 6.07) is 25.4. The van der Waals surface area contributed by atoms with Crippen molar-refractivity contribution in [2.75, 3.05) is 12.4 Å². The molecule has 4 aromatic rings. The molecule has 0 aliphatic carbocycles. The number of benzene rings is 4. The number of anilines is 1. The Hall–Kier alpha value is -2.87. The maximum absolute atomic E-state index is 13.1. The highest BCUT2D eigenvalue weighted by Crippen LogP contribution is 2.50. The van der Waals surface area contributed by atoms with Crippen LogP contribution in [0.3, 0.4) is 0 Å². The van der Waals surface area contributed by atoms with Crippen LogP contribution in [0.15, 0.2) is 89.8 Å². The number of amides is 1. The van der Waals surface area contributed by atoms with Gasteiger partial charge < -0.3 is 15.4 Å². The zero-order chi connectivity index (χ0) is 29.8. The maximum Gasteiger partial charge on any atom is 0.328 e. The summed E-state index contributed by atoms with van der Waals surface area (Å²) in [5.74, 6) is -1.14. The molecule has 4 aromatic carbocycles. The van der Waals surface area contributed by atoms with E-state index in [1.807, 2.05) is 48.5 Å². The highest BCUT2D eigenvalue weighted by Gasteiger charge is 2.32. The van der Waals surface area contributed by atoms with Gasteiger partial charge in [0.2, 0.25) is 0 Å². The molecule has 216 valence electrons. The van der Waals surface area contributed by atoms with Crippen LogP contribution in [0.5, 0.6) is 0 Å². The minimum absolute atomic E-state index is 0.0500. The second-order valence-electron chi connectivity index (χ2n) is 9.76. The van der Waals surface area contributed by atoms with Crippen LogP contribution >= 0.6 is 58.2 Å². The predicted molar refractivity (Wildman–Crippen MR) is 172 cm³/mol. The summed E-state index contributed by atoms with van der Waals surface area (Å²) in [6.07, 6.45) is 0.928. The summed E-state index contributed by atoms with van der Waals surface area (Å²) in [5, 5.41) is 8.03. The molecular weight excluding hydrogens is 634 g/mol. The smallest absolute Gasteiger partial charge is 0.328 e. The van der Waals surface area contributed by atoms with E-state index in [0.29, 0.717) is 10.0 Å². The van der Waals surface area contributed by atoms with Gasteiger partial charge in [0.25, 0.3) is 5.91 Å². The van der Waals surface area contributed by atoms with E-state index in [0.717, 1.165) is 33.7 Å². The Kier molecular flexibility index (Phi) is 9.92. The van der Waals surface area contributed by atoms with Gasteiger partial charge in [-0.3, -0.25) is 4.79 Å². The van der Waals surface area contributed by atoms with E-state index < -0.39 is 17.9 Å². The van der Waals surface area contributed by atoms with E-state index in [2.05, 4.69) is 28.8 Å². The van der Waals surface area contributed by atoms with Gasteiger partial charge in [-0.25, -0.2) is 4.79 Å². The number of methoxy groups -OCH3 is 1. The molecule has 5 nitrogen and oxygen atoms in total. The van der Waals surface area contributed by atoms with Crippen LogP contribution < -0.4 is 10.6 Å². The molecule has 0 aromatic heterocycles. The van der Waals surface area contributed by atoms with Crippen LogP contribution in [0.4, 0.5) is 5.69 Å². The molecule has 2 N–H and O–H groups in total. The number of carbonyl (C=O) groups is 2. The van der Waals surface area contributed by atoms with Crippen molar-refractivity contribution in [2.24, 2.45) is 0 Å². The van der Waals surface area contributed by atoms with Crippen molar-refractivity contribution < 1.29 is 14.3 Å². The number of esters is 1. The fraction of sp³-hybridized carbons (Fsp3) is 0.188. The number of rotatable bonds is 8. The zero-order valence-electron chi connectivity index (χ0n) is 22.4. The Morgan fingerprint density at radius 2 is 1.55 bits per heavy atom. The van der Waals surface area contributed by atoms with Crippen LogP contribution in [-0.2, 0) is 16.0 Å². The molecule has 1 heterocycles. The third-order valence-electron chi connectivity index (χ3n) is 7.03. The first-order valence-electron chi connectivity index (χ1n) is 13.1. The molecule has 5 rings (SSSR count). The van der Waals surface area contributed by atoms with Crippen LogP contribution in [0.2, 0.25) is 20.1 Å². The summed E-state index contributed by atoms with van der Waals surface area (Å²) >= 11 is 27.4. The summed E-state index contributed by atoms with van der Waals surface area (Å²) in [5.41, 5.74) is 3.84. The van der Waals surface area contributed by atoms with E-state index in [4.69, 9.17) is 51.1 Å². The molecule has 3 unspecified atom stereocenters. The molecule has 10 heteroatoms. The number of thioether (sulfide) groups is 1. The van der Waals surface area contributed by atoms with E-state index in [9.17, 15) is 9.59 Å². The fourth-order valence-electron chi connectivity index (χ4n) is 5.05. The molecule has 1 aliphatic rings. The van der Waals surface area contributed by atoms with Gasteiger partial charge in [-0.05, 0) is 60.0 Å². The molecule has 1 amide bonds. The Morgan fingerprint density at radius 3 is 2.19 bits per heavy atom. The van der Waals surface area contributed by atoms with E-state index in [-0.39, 0.29) is 33.3 Å². The normalized spacial score (nSPS) is 16.6. The van der Waals surface area contributed by atoms with Crippen molar-refractivity contribution in [1.82, 2.24) is 5.32 Å². The van der Waals surface area contributed by atoms with E-state index in [1.165, 1.54) is 7.11 Å². The predicted octanol–water partition coefficient (Wildman–Crippen LogP) is 9.20. The van der Waals surface area contributed by atoms with Crippen LogP contribution in [0.1, 0.15) is 44.8 Å². The van der Waals surface area contributed by atoms with Crippen molar-refractivity contribution in [2.45, 2.75) is 35.1 Å². The van der Waals surface area contributed by atoms with Crippen LogP contribution in [0, 0.1) is 0 Å². The van der Waals surface area contributed by atoms with Gasteiger partial charge in [0, 0.05) is 37.9 Å². The minimum Gasteiger partial charge on any atom is -0.467 e. The van der Waals surface area contributed by atoms with Gasteiger partial charge in [-0.2, -0.15) is 0 Å². The quantitative estimate of drug-likeness (QED) is 0.185. The van der Waals surface area contributed by atoms with Crippen molar-refractivity contribution in [3.05, 3.63) is 127 Å². The van der Waals surface area contributed by atoms with Gasteiger partial charge in [-0.15, -0.1) is 11.8 Å². The van der Waals surface area contributed by atoms with Gasteiger partial charge in [0.15, 0.2) is 0 Å². The number of hydrogen-bond acceptors (Lipinski definition) is 5. The van der Waals surface area contributed by atoms with Crippen molar-refractivity contribution >= 4 is 75.7 Å². The molecule has 0 radical (unpaired) electrons. The average Bonchev–Trinajstić information content (AvgIpc) is 2.97. The molecule has 42 heavy (non-hydrogen) atoms.